The first-order chi connectivity index (χ1) is 9.75. The van der Waals surface area contributed by atoms with Gasteiger partial charge < -0.3 is 5.32 Å². The number of hydrogen-bond acceptors (Lipinski definition) is 2. The highest BCUT2D eigenvalue weighted by Crippen LogP contribution is 2.23. The molecule has 0 aliphatic carbocycles. The molecular formula is C16H11IN2O. The Bertz CT molecular complexity index is 781. The topological polar surface area (TPSA) is 42.0 Å². The highest BCUT2D eigenvalue weighted by molar-refractivity contribution is 14.1. The SMILES string of the molecule is O=C(Nc1cccc2cnccc12)c1ccccc1I. The first-order valence-corrected chi connectivity index (χ1v) is 7.22. The van der Waals surface area contributed by atoms with Crippen LogP contribution < -0.4 is 5.32 Å². The quantitative estimate of drug-likeness (QED) is 0.687. The molecule has 3 nitrogen and oxygen atoms in total. The summed E-state index contributed by atoms with van der Waals surface area (Å²) < 4.78 is 0.935. The third-order valence-corrected chi connectivity index (χ3v) is 3.99. The zero-order valence-corrected chi connectivity index (χ0v) is 12.7. The molecule has 20 heavy (non-hydrogen) atoms. The molecule has 0 fully saturated rings. The summed E-state index contributed by atoms with van der Waals surface area (Å²) in [4.78, 5) is 16.4. The zero-order valence-electron chi connectivity index (χ0n) is 10.5. The maximum atomic E-state index is 12.3. The minimum absolute atomic E-state index is 0.0979. The van der Waals surface area contributed by atoms with Gasteiger partial charge in [0.05, 0.1) is 5.56 Å². The number of carbonyl (C=O) groups excluding carboxylic acids is 1. The molecule has 2 aromatic carbocycles. The number of benzene rings is 2. The second-order valence-corrected chi connectivity index (χ2v) is 5.50. The van der Waals surface area contributed by atoms with Crippen LogP contribution in [0.25, 0.3) is 10.8 Å². The molecule has 1 amide bonds. The van der Waals surface area contributed by atoms with Crippen LogP contribution in [0.15, 0.2) is 60.9 Å². The monoisotopic (exact) mass is 374 g/mol. The van der Waals surface area contributed by atoms with Crippen molar-refractivity contribution in [3.8, 4) is 0 Å². The van der Waals surface area contributed by atoms with Crippen LogP contribution in [0.4, 0.5) is 5.69 Å². The summed E-state index contributed by atoms with van der Waals surface area (Å²) in [7, 11) is 0. The lowest BCUT2D eigenvalue weighted by Gasteiger charge is -2.09. The van der Waals surface area contributed by atoms with Crippen molar-refractivity contribution in [2.45, 2.75) is 0 Å². The van der Waals surface area contributed by atoms with Gasteiger partial charge in [-0.1, -0.05) is 24.3 Å². The number of rotatable bonds is 2. The number of anilines is 1. The van der Waals surface area contributed by atoms with Crippen LogP contribution in [-0.4, -0.2) is 10.9 Å². The molecule has 3 aromatic rings. The van der Waals surface area contributed by atoms with Crippen LogP contribution in [0.3, 0.4) is 0 Å². The van der Waals surface area contributed by atoms with Crippen LogP contribution in [0.5, 0.6) is 0 Å². The number of carbonyl (C=O) groups is 1. The number of aromatic nitrogens is 1. The average Bonchev–Trinajstić information content (AvgIpc) is 2.48. The van der Waals surface area contributed by atoms with E-state index in [0.717, 1.165) is 20.0 Å². The van der Waals surface area contributed by atoms with Crippen LogP contribution in [-0.2, 0) is 0 Å². The second kappa shape index (κ2) is 5.58. The third-order valence-electron chi connectivity index (χ3n) is 3.05. The van der Waals surface area contributed by atoms with Crippen molar-refractivity contribution in [3.05, 3.63) is 70.1 Å². The number of nitrogens with zero attached hydrogens (tertiary/aromatic N) is 1. The molecule has 0 saturated heterocycles. The first kappa shape index (κ1) is 13.1. The number of pyridine rings is 1. The second-order valence-electron chi connectivity index (χ2n) is 4.34. The van der Waals surface area contributed by atoms with Crippen LogP contribution in [0.2, 0.25) is 0 Å². The van der Waals surface area contributed by atoms with Crippen molar-refractivity contribution < 1.29 is 4.79 Å². The van der Waals surface area contributed by atoms with Gasteiger partial charge in [0.1, 0.15) is 0 Å². The van der Waals surface area contributed by atoms with E-state index in [1.54, 1.807) is 12.4 Å². The fourth-order valence-corrected chi connectivity index (χ4v) is 2.70. The average molecular weight is 374 g/mol. The van der Waals surface area contributed by atoms with Gasteiger partial charge in [-0.15, -0.1) is 0 Å². The highest BCUT2D eigenvalue weighted by Gasteiger charge is 2.10. The van der Waals surface area contributed by atoms with E-state index >= 15 is 0 Å². The molecule has 0 aliphatic rings. The van der Waals surface area contributed by atoms with E-state index in [1.807, 2.05) is 48.5 Å². The van der Waals surface area contributed by atoms with Gasteiger partial charge in [0.15, 0.2) is 0 Å². The summed E-state index contributed by atoms with van der Waals surface area (Å²) in [6, 6.07) is 15.2. The van der Waals surface area contributed by atoms with Crippen molar-refractivity contribution in [2.24, 2.45) is 0 Å². The number of hydrogen-bond donors (Lipinski definition) is 1. The van der Waals surface area contributed by atoms with Gasteiger partial charge >= 0.3 is 0 Å². The predicted molar refractivity (Wildman–Crippen MR) is 88.9 cm³/mol. The van der Waals surface area contributed by atoms with Gasteiger partial charge in [-0.2, -0.15) is 0 Å². The van der Waals surface area contributed by atoms with Crippen molar-refractivity contribution >= 4 is 45.0 Å². The van der Waals surface area contributed by atoms with E-state index in [0.29, 0.717) is 5.56 Å². The molecule has 4 heteroatoms. The Morgan fingerprint density at radius 3 is 2.75 bits per heavy atom. The maximum absolute atomic E-state index is 12.3. The smallest absolute Gasteiger partial charge is 0.256 e. The van der Waals surface area contributed by atoms with Crippen molar-refractivity contribution in [1.82, 2.24) is 4.98 Å². The zero-order chi connectivity index (χ0) is 13.9. The van der Waals surface area contributed by atoms with Gasteiger partial charge in [-0.25, -0.2) is 0 Å². The lowest BCUT2D eigenvalue weighted by atomic mass is 10.1. The standard InChI is InChI=1S/C16H11IN2O/c17-14-6-2-1-5-13(14)16(20)19-15-7-3-4-11-10-18-9-8-12(11)15/h1-10H,(H,19,20). The van der Waals surface area contributed by atoms with Gasteiger partial charge in [-0.3, -0.25) is 9.78 Å². The molecule has 0 saturated carbocycles. The van der Waals surface area contributed by atoms with E-state index in [2.05, 4.69) is 32.9 Å². The predicted octanol–water partition coefficient (Wildman–Crippen LogP) is 4.09. The highest BCUT2D eigenvalue weighted by atomic mass is 127. The minimum atomic E-state index is -0.0979. The molecule has 0 radical (unpaired) electrons. The van der Waals surface area contributed by atoms with Crippen molar-refractivity contribution in [2.75, 3.05) is 5.32 Å². The van der Waals surface area contributed by atoms with Gasteiger partial charge in [0, 0.05) is 32.4 Å². The largest absolute Gasteiger partial charge is 0.321 e. The maximum Gasteiger partial charge on any atom is 0.256 e. The molecular weight excluding hydrogens is 363 g/mol. The Morgan fingerprint density at radius 1 is 1.05 bits per heavy atom. The molecule has 0 unspecified atom stereocenters. The van der Waals surface area contributed by atoms with E-state index in [4.69, 9.17) is 0 Å². The summed E-state index contributed by atoms with van der Waals surface area (Å²) in [6.45, 7) is 0. The number of fused-ring (bicyclic) bond motifs is 1. The van der Waals surface area contributed by atoms with Crippen molar-refractivity contribution in [3.63, 3.8) is 0 Å². The summed E-state index contributed by atoms with van der Waals surface area (Å²) >= 11 is 2.17. The van der Waals surface area contributed by atoms with Gasteiger partial charge in [0.2, 0.25) is 0 Å². The Kier molecular flexibility index (Phi) is 3.64. The number of amides is 1. The molecule has 98 valence electrons. The fourth-order valence-electron chi connectivity index (χ4n) is 2.07. The van der Waals surface area contributed by atoms with Crippen LogP contribution in [0, 0.1) is 3.57 Å². The molecule has 0 bridgehead atoms. The third kappa shape index (κ3) is 2.51. The lowest BCUT2D eigenvalue weighted by Crippen LogP contribution is -2.13. The molecule has 3 rings (SSSR count). The fraction of sp³-hybridized carbons (Fsp3) is 0. The molecule has 0 spiro atoms. The molecule has 1 N–H and O–H groups in total. The molecule has 1 heterocycles. The van der Waals surface area contributed by atoms with E-state index in [1.165, 1.54) is 0 Å². The van der Waals surface area contributed by atoms with Crippen LogP contribution >= 0.6 is 22.6 Å². The Labute approximate surface area is 130 Å². The number of nitrogens with one attached hydrogen (secondary N) is 1. The summed E-state index contributed by atoms with van der Waals surface area (Å²) in [5.74, 6) is -0.0979. The van der Waals surface area contributed by atoms with E-state index in [-0.39, 0.29) is 5.91 Å². The van der Waals surface area contributed by atoms with E-state index < -0.39 is 0 Å². The molecule has 0 aliphatic heterocycles. The summed E-state index contributed by atoms with van der Waals surface area (Å²) in [6.07, 6.45) is 3.52. The molecule has 1 aromatic heterocycles. The van der Waals surface area contributed by atoms with Crippen LogP contribution in [0.1, 0.15) is 10.4 Å². The minimum Gasteiger partial charge on any atom is -0.321 e. The first-order valence-electron chi connectivity index (χ1n) is 6.14. The summed E-state index contributed by atoms with van der Waals surface area (Å²) in [5, 5.41) is 4.97. The Morgan fingerprint density at radius 2 is 1.90 bits per heavy atom. The Hall–Kier alpha value is -1.95. The lowest BCUT2D eigenvalue weighted by molar-refractivity contribution is 0.102. The van der Waals surface area contributed by atoms with Gasteiger partial charge in [0.25, 0.3) is 5.91 Å². The Balaban J connectivity index is 1.98. The van der Waals surface area contributed by atoms with Gasteiger partial charge in [-0.05, 0) is 46.9 Å². The normalized spacial score (nSPS) is 10.4. The van der Waals surface area contributed by atoms with E-state index in [9.17, 15) is 4.79 Å². The number of halogens is 1. The summed E-state index contributed by atoms with van der Waals surface area (Å²) in [5.41, 5.74) is 1.48. The van der Waals surface area contributed by atoms with Crippen molar-refractivity contribution in [1.29, 1.82) is 0 Å². The molecule has 0 atom stereocenters.